The van der Waals surface area contributed by atoms with Crippen molar-refractivity contribution in [3.8, 4) is 0 Å². The van der Waals surface area contributed by atoms with Gasteiger partial charge in [-0.25, -0.2) is 4.98 Å². The second-order valence-corrected chi connectivity index (χ2v) is 6.27. The van der Waals surface area contributed by atoms with E-state index in [1.807, 2.05) is 55.5 Å². The van der Waals surface area contributed by atoms with Crippen LogP contribution in [0, 0.1) is 6.92 Å². The minimum atomic E-state index is 0.690. The van der Waals surface area contributed by atoms with Crippen molar-refractivity contribution >= 4 is 29.1 Å². The molecule has 0 atom stereocenters. The number of anilines is 3. The molecule has 128 valence electrons. The van der Waals surface area contributed by atoms with E-state index in [9.17, 15) is 0 Å². The summed E-state index contributed by atoms with van der Waals surface area (Å²) in [6.07, 6.45) is 0. The maximum absolute atomic E-state index is 6.06. The van der Waals surface area contributed by atoms with E-state index in [1.165, 1.54) is 5.56 Å². The Bertz CT molecular complexity index is 836. The number of rotatable bonds is 6. The number of aromatic nitrogens is 2. The summed E-state index contributed by atoms with van der Waals surface area (Å²) in [4.78, 5) is 11.5. The first-order valence-corrected chi connectivity index (χ1v) is 8.69. The van der Waals surface area contributed by atoms with Crippen molar-refractivity contribution in [2.45, 2.75) is 20.4 Å². The molecule has 3 aromatic rings. The van der Waals surface area contributed by atoms with Crippen molar-refractivity contribution in [1.29, 1.82) is 0 Å². The standard InChI is InChI=1S/C20H21ClN4/c1-3-25(14-16-8-5-4-6-9-16)20-22-15(2)12-19(24-20)23-18-11-7-10-17(21)13-18/h4-13H,3,14H2,1-2H3,(H,22,23,24). The van der Waals surface area contributed by atoms with Crippen molar-refractivity contribution in [1.82, 2.24) is 9.97 Å². The van der Waals surface area contributed by atoms with Crippen molar-refractivity contribution in [2.24, 2.45) is 0 Å². The molecule has 0 aliphatic heterocycles. The van der Waals surface area contributed by atoms with Crippen LogP contribution in [0.3, 0.4) is 0 Å². The van der Waals surface area contributed by atoms with Crippen LogP contribution in [0.4, 0.5) is 17.5 Å². The van der Waals surface area contributed by atoms with Crippen molar-refractivity contribution in [3.05, 3.63) is 76.9 Å². The molecule has 0 bridgehead atoms. The second kappa shape index (κ2) is 7.99. The van der Waals surface area contributed by atoms with Crippen LogP contribution in [-0.2, 0) is 6.54 Å². The van der Waals surface area contributed by atoms with E-state index in [4.69, 9.17) is 11.6 Å². The van der Waals surface area contributed by atoms with Crippen LogP contribution in [0.1, 0.15) is 18.2 Å². The van der Waals surface area contributed by atoms with Crippen molar-refractivity contribution < 1.29 is 0 Å². The third kappa shape index (κ3) is 4.70. The third-order valence-electron chi connectivity index (χ3n) is 3.82. The molecule has 0 unspecified atom stereocenters. The Morgan fingerprint density at radius 2 is 1.80 bits per heavy atom. The molecule has 1 N–H and O–H groups in total. The molecule has 0 saturated heterocycles. The molecule has 0 spiro atoms. The van der Waals surface area contributed by atoms with Crippen LogP contribution in [0.15, 0.2) is 60.7 Å². The predicted octanol–water partition coefficient (Wildman–Crippen LogP) is 5.21. The molecule has 2 aromatic carbocycles. The SMILES string of the molecule is CCN(Cc1ccccc1)c1nc(C)cc(Nc2cccc(Cl)c2)n1. The normalized spacial score (nSPS) is 10.5. The number of halogens is 1. The first-order chi connectivity index (χ1) is 12.1. The number of nitrogens with zero attached hydrogens (tertiary/aromatic N) is 3. The number of hydrogen-bond donors (Lipinski definition) is 1. The molecule has 3 rings (SSSR count). The fraction of sp³-hybridized carbons (Fsp3) is 0.200. The summed E-state index contributed by atoms with van der Waals surface area (Å²) in [5.74, 6) is 1.48. The maximum atomic E-state index is 6.06. The van der Waals surface area contributed by atoms with Gasteiger partial charge >= 0.3 is 0 Å². The minimum absolute atomic E-state index is 0.690. The third-order valence-corrected chi connectivity index (χ3v) is 4.06. The number of aryl methyl sites for hydroxylation is 1. The quantitative estimate of drug-likeness (QED) is 0.661. The Balaban J connectivity index is 1.84. The highest BCUT2D eigenvalue weighted by atomic mass is 35.5. The molecule has 25 heavy (non-hydrogen) atoms. The van der Waals surface area contributed by atoms with Gasteiger partial charge in [-0.2, -0.15) is 4.98 Å². The summed E-state index contributed by atoms with van der Waals surface area (Å²) in [5, 5.41) is 4.00. The largest absolute Gasteiger partial charge is 0.340 e. The van der Waals surface area contributed by atoms with Gasteiger partial charge in [0.2, 0.25) is 5.95 Å². The maximum Gasteiger partial charge on any atom is 0.227 e. The van der Waals surface area contributed by atoms with Gasteiger partial charge in [-0.05, 0) is 37.6 Å². The Morgan fingerprint density at radius 1 is 1.00 bits per heavy atom. The Kier molecular flexibility index (Phi) is 5.51. The summed E-state index contributed by atoms with van der Waals surface area (Å²) in [7, 11) is 0. The summed E-state index contributed by atoms with van der Waals surface area (Å²) in [6.45, 7) is 5.69. The van der Waals surface area contributed by atoms with Crippen LogP contribution < -0.4 is 10.2 Å². The minimum Gasteiger partial charge on any atom is -0.340 e. The molecule has 1 aromatic heterocycles. The average molecular weight is 353 g/mol. The first-order valence-electron chi connectivity index (χ1n) is 8.31. The van der Waals surface area contributed by atoms with Crippen LogP contribution in [-0.4, -0.2) is 16.5 Å². The van der Waals surface area contributed by atoms with E-state index in [-0.39, 0.29) is 0 Å². The zero-order chi connectivity index (χ0) is 17.6. The van der Waals surface area contributed by atoms with Crippen LogP contribution in [0.25, 0.3) is 0 Å². The highest BCUT2D eigenvalue weighted by molar-refractivity contribution is 6.30. The van der Waals surface area contributed by atoms with Gasteiger partial charge in [0.25, 0.3) is 0 Å². The molecular weight excluding hydrogens is 332 g/mol. The van der Waals surface area contributed by atoms with Gasteiger partial charge in [-0.3, -0.25) is 0 Å². The number of hydrogen-bond acceptors (Lipinski definition) is 4. The average Bonchev–Trinajstić information content (AvgIpc) is 2.60. The summed E-state index contributed by atoms with van der Waals surface area (Å²) in [5.41, 5.74) is 3.06. The molecular formula is C20H21ClN4. The van der Waals surface area contributed by atoms with E-state index < -0.39 is 0 Å². The zero-order valence-electron chi connectivity index (χ0n) is 14.4. The van der Waals surface area contributed by atoms with Gasteiger partial charge < -0.3 is 10.2 Å². The molecule has 0 aliphatic carbocycles. The van der Waals surface area contributed by atoms with Gasteiger partial charge in [0.05, 0.1) is 0 Å². The lowest BCUT2D eigenvalue weighted by Crippen LogP contribution is -2.24. The second-order valence-electron chi connectivity index (χ2n) is 5.83. The van der Waals surface area contributed by atoms with Gasteiger partial charge in [-0.1, -0.05) is 48.0 Å². The Morgan fingerprint density at radius 3 is 2.52 bits per heavy atom. The summed E-state index contributed by atoms with van der Waals surface area (Å²) < 4.78 is 0. The predicted molar refractivity (Wildman–Crippen MR) is 105 cm³/mol. The summed E-state index contributed by atoms with van der Waals surface area (Å²) >= 11 is 6.06. The molecule has 4 nitrogen and oxygen atoms in total. The molecule has 0 saturated carbocycles. The highest BCUT2D eigenvalue weighted by Gasteiger charge is 2.11. The lowest BCUT2D eigenvalue weighted by Gasteiger charge is -2.22. The number of benzene rings is 2. The van der Waals surface area contributed by atoms with Gasteiger partial charge in [-0.15, -0.1) is 0 Å². The van der Waals surface area contributed by atoms with Crippen LogP contribution in [0.2, 0.25) is 5.02 Å². The fourth-order valence-corrected chi connectivity index (χ4v) is 2.79. The molecule has 0 aliphatic rings. The Hall–Kier alpha value is -2.59. The Labute approximate surface area is 153 Å². The molecule has 0 amide bonds. The topological polar surface area (TPSA) is 41.1 Å². The highest BCUT2D eigenvalue weighted by Crippen LogP contribution is 2.21. The van der Waals surface area contributed by atoms with Gasteiger partial charge in [0, 0.05) is 35.6 Å². The van der Waals surface area contributed by atoms with Gasteiger partial charge in [0.1, 0.15) is 5.82 Å². The van der Waals surface area contributed by atoms with Crippen molar-refractivity contribution in [3.63, 3.8) is 0 Å². The van der Waals surface area contributed by atoms with E-state index in [0.717, 1.165) is 36.2 Å². The van der Waals surface area contributed by atoms with Crippen molar-refractivity contribution in [2.75, 3.05) is 16.8 Å². The molecule has 5 heteroatoms. The number of nitrogens with one attached hydrogen (secondary N) is 1. The molecule has 0 radical (unpaired) electrons. The van der Waals surface area contributed by atoms with E-state index in [2.05, 4.69) is 39.2 Å². The molecule has 1 heterocycles. The monoisotopic (exact) mass is 352 g/mol. The lowest BCUT2D eigenvalue weighted by atomic mass is 10.2. The smallest absolute Gasteiger partial charge is 0.227 e. The van der Waals surface area contributed by atoms with E-state index >= 15 is 0 Å². The van der Waals surface area contributed by atoms with Crippen LogP contribution in [0.5, 0.6) is 0 Å². The van der Waals surface area contributed by atoms with Crippen LogP contribution >= 0.6 is 11.6 Å². The zero-order valence-corrected chi connectivity index (χ0v) is 15.2. The lowest BCUT2D eigenvalue weighted by molar-refractivity contribution is 0.788. The van der Waals surface area contributed by atoms with E-state index in [0.29, 0.717) is 5.02 Å². The fourth-order valence-electron chi connectivity index (χ4n) is 2.60. The van der Waals surface area contributed by atoms with Gasteiger partial charge in [0.15, 0.2) is 0 Å². The summed E-state index contributed by atoms with van der Waals surface area (Å²) in [6, 6.07) is 19.9. The first kappa shape index (κ1) is 17.2. The van der Waals surface area contributed by atoms with E-state index in [1.54, 1.807) is 0 Å². The molecule has 0 fully saturated rings.